The summed E-state index contributed by atoms with van der Waals surface area (Å²) < 4.78 is 0. The van der Waals surface area contributed by atoms with Gasteiger partial charge in [0, 0.05) is 31.5 Å². The zero-order valence-corrected chi connectivity index (χ0v) is 9.20. The van der Waals surface area contributed by atoms with Gasteiger partial charge in [0.05, 0.1) is 0 Å². The lowest BCUT2D eigenvalue weighted by Gasteiger charge is -2.15. The van der Waals surface area contributed by atoms with Gasteiger partial charge in [0.2, 0.25) is 0 Å². The number of rotatable bonds is 5. The molecule has 0 fully saturated rings. The zero-order valence-electron chi connectivity index (χ0n) is 9.20. The quantitative estimate of drug-likeness (QED) is 0.764. The Balaban J connectivity index is 2.32. The molecule has 3 heteroatoms. The Morgan fingerprint density at radius 2 is 2.29 bits per heavy atom. The molecule has 0 saturated carbocycles. The molecule has 3 nitrogen and oxygen atoms in total. The van der Waals surface area contributed by atoms with Crippen LogP contribution in [0, 0.1) is 0 Å². The van der Waals surface area contributed by atoms with E-state index in [-0.39, 0.29) is 0 Å². The van der Waals surface area contributed by atoms with E-state index in [1.807, 2.05) is 12.3 Å². The smallest absolute Gasteiger partial charge is 0.0315 e. The van der Waals surface area contributed by atoms with Crippen LogP contribution in [-0.2, 0) is 0 Å². The summed E-state index contributed by atoms with van der Waals surface area (Å²) in [6.07, 6.45) is 3.71. The first-order valence-corrected chi connectivity index (χ1v) is 4.98. The van der Waals surface area contributed by atoms with E-state index in [0.29, 0.717) is 6.04 Å². The minimum absolute atomic E-state index is 0.378. The number of nitrogens with one attached hydrogen (secondary N) is 1. The molecule has 78 valence electrons. The Bertz CT molecular complexity index is 246. The average molecular weight is 193 g/mol. The molecule has 1 heterocycles. The Hall–Kier alpha value is -0.930. The molecular weight excluding hydrogens is 174 g/mol. The topological polar surface area (TPSA) is 28.2 Å². The van der Waals surface area contributed by atoms with Gasteiger partial charge in [-0.25, -0.2) is 0 Å². The summed E-state index contributed by atoms with van der Waals surface area (Å²) in [5.74, 6) is 0. The summed E-state index contributed by atoms with van der Waals surface area (Å²) in [6, 6.07) is 4.45. The van der Waals surface area contributed by atoms with Crippen LogP contribution in [0.25, 0.3) is 0 Å². The van der Waals surface area contributed by atoms with Crippen molar-refractivity contribution < 1.29 is 0 Å². The number of likely N-dealkylation sites (N-methyl/N-ethyl adjacent to an activating group) is 1. The van der Waals surface area contributed by atoms with Gasteiger partial charge in [0.1, 0.15) is 0 Å². The van der Waals surface area contributed by atoms with E-state index in [1.54, 1.807) is 6.20 Å². The van der Waals surface area contributed by atoms with Crippen LogP contribution in [0.2, 0.25) is 0 Å². The summed E-state index contributed by atoms with van der Waals surface area (Å²) >= 11 is 0. The minimum Gasteiger partial charge on any atom is -0.309 e. The number of pyridine rings is 1. The second-order valence-corrected chi connectivity index (χ2v) is 3.77. The summed E-state index contributed by atoms with van der Waals surface area (Å²) in [4.78, 5) is 6.27. The molecule has 1 atom stereocenters. The molecule has 1 aromatic rings. The van der Waals surface area contributed by atoms with Crippen molar-refractivity contribution in [2.24, 2.45) is 0 Å². The Kier molecular flexibility index (Phi) is 4.56. The van der Waals surface area contributed by atoms with Crippen LogP contribution in [0.5, 0.6) is 0 Å². The molecule has 1 aromatic heterocycles. The van der Waals surface area contributed by atoms with Gasteiger partial charge in [-0.1, -0.05) is 6.07 Å². The molecule has 0 unspecified atom stereocenters. The summed E-state index contributed by atoms with van der Waals surface area (Å²) in [5, 5.41) is 3.45. The van der Waals surface area contributed by atoms with Crippen molar-refractivity contribution >= 4 is 0 Å². The van der Waals surface area contributed by atoms with Crippen LogP contribution < -0.4 is 5.32 Å². The molecular formula is C11H19N3. The fraction of sp³-hybridized carbons (Fsp3) is 0.545. The van der Waals surface area contributed by atoms with Crippen LogP contribution in [0.4, 0.5) is 0 Å². The molecule has 0 bridgehead atoms. The van der Waals surface area contributed by atoms with Crippen molar-refractivity contribution in [2.45, 2.75) is 13.0 Å². The third kappa shape index (κ3) is 3.85. The maximum Gasteiger partial charge on any atom is 0.0315 e. The van der Waals surface area contributed by atoms with E-state index in [4.69, 9.17) is 0 Å². The van der Waals surface area contributed by atoms with Gasteiger partial charge in [-0.3, -0.25) is 4.98 Å². The fourth-order valence-electron chi connectivity index (χ4n) is 1.25. The highest BCUT2D eigenvalue weighted by atomic mass is 15.1. The second-order valence-electron chi connectivity index (χ2n) is 3.77. The van der Waals surface area contributed by atoms with E-state index < -0.39 is 0 Å². The van der Waals surface area contributed by atoms with E-state index in [0.717, 1.165) is 13.1 Å². The molecule has 14 heavy (non-hydrogen) atoms. The SMILES string of the molecule is C[C@@H](NCCN(C)C)c1cccnc1. The van der Waals surface area contributed by atoms with Crippen LogP contribution in [-0.4, -0.2) is 37.1 Å². The lowest BCUT2D eigenvalue weighted by Crippen LogP contribution is -2.28. The Morgan fingerprint density at radius 3 is 2.86 bits per heavy atom. The molecule has 0 aromatic carbocycles. The first-order chi connectivity index (χ1) is 6.70. The van der Waals surface area contributed by atoms with Crippen molar-refractivity contribution in [3.05, 3.63) is 30.1 Å². The van der Waals surface area contributed by atoms with Crippen LogP contribution in [0.3, 0.4) is 0 Å². The standard InChI is InChI=1S/C11H19N3/c1-10(13-7-8-14(2)3)11-5-4-6-12-9-11/h4-6,9-10,13H,7-8H2,1-3H3/t10-/m1/s1. The molecule has 0 aliphatic carbocycles. The number of hydrogen-bond donors (Lipinski definition) is 1. The molecule has 0 spiro atoms. The third-order valence-electron chi connectivity index (χ3n) is 2.19. The second kappa shape index (κ2) is 5.73. The van der Waals surface area contributed by atoms with Crippen LogP contribution >= 0.6 is 0 Å². The minimum atomic E-state index is 0.378. The van der Waals surface area contributed by atoms with E-state index in [2.05, 4.69) is 42.3 Å². The largest absolute Gasteiger partial charge is 0.309 e. The van der Waals surface area contributed by atoms with Crippen LogP contribution in [0.15, 0.2) is 24.5 Å². The number of aromatic nitrogens is 1. The van der Waals surface area contributed by atoms with Gasteiger partial charge in [0.25, 0.3) is 0 Å². The molecule has 1 rings (SSSR count). The molecule has 0 radical (unpaired) electrons. The van der Waals surface area contributed by atoms with Gasteiger partial charge in [-0.05, 0) is 32.6 Å². The predicted molar refractivity (Wildman–Crippen MR) is 59.2 cm³/mol. The van der Waals surface area contributed by atoms with Gasteiger partial charge in [0.15, 0.2) is 0 Å². The zero-order chi connectivity index (χ0) is 10.4. The predicted octanol–water partition coefficient (Wildman–Crippen LogP) is 1.29. The maximum atomic E-state index is 4.10. The number of hydrogen-bond acceptors (Lipinski definition) is 3. The van der Waals surface area contributed by atoms with Crippen molar-refractivity contribution in [3.63, 3.8) is 0 Å². The van der Waals surface area contributed by atoms with Crippen molar-refractivity contribution in [1.29, 1.82) is 0 Å². The molecule has 0 amide bonds. The maximum absolute atomic E-state index is 4.10. The highest BCUT2D eigenvalue weighted by Gasteiger charge is 2.03. The first kappa shape index (κ1) is 11.1. The average Bonchev–Trinajstić information content (AvgIpc) is 2.18. The Morgan fingerprint density at radius 1 is 1.50 bits per heavy atom. The summed E-state index contributed by atoms with van der Waals surface area (Å²) in [6.45, 7) is 4.22. The highest BCUT2D eigenvalue weighted by molar-refractivity contribution is 5.12. The molecule has 1 N–H and O–H groups in total. The van der Waals surface area contributed by atoms with Gasteiger partial charge in [-0.2, -0.15) is 0 Å². The Labute approximate surface area is 86.2 Å². The van der Waals surface area contributed by atoms with Crippen molar-refractivity contribution in [2.75, 3.05) is 27.2 Å². The van der Waals surface area contributed by atoms with E-state index >= 15 is 0 Å². The molecule has 0 saturated heterocycles. The van der Waals surface area contributed by atoms with Gasteiger partial charge < -0.3 is 10.2 Å². The lowest BCUT2D eigenvalue weighted by molar-refractivity contribution is 0.389. The van der Waals surface area contributed by atoms with E-state index in [1.165, 1.54) is 5.56 Å². The lowest BCUT2D eigenvalue weighted by atomic mass is 10.1. The van der Waals surface area contributed by atoms with Gasteiger partial charge >= 0.3 is 0 Å². The normalized spacial score (nSPS) is 13.1. The molecule has 0 aliphatic rings. The summed E-state index contributed by atoms with van der Waals surface area (Å²) in [7, 11) is 4.16. The first-order valence-electron chi connectivity index (χ1n) is 4.98. The van der Waals surface area contributed by atoms with Crippen molar-refractivity contribution in [3.8, 4) is 0 Å². The number of nitrogens with zero attached hydrogens (tertiary/aromatic N) is 2. The van der Waals surface area contributed by atoms with E-state index in [9.17, 15) is 0 Å². The monoisotopic (exact) mass is 193 g/mol. The van der Waals surface area contributed by atoms with Gasteiger partial charge in [-0.15, -0.1) is 0 Å². The van der Waals surface area contributed by atoms with Crippen molar-refractivity contribution in [1.82, 2.24) is 15.2 Å². The highest BCUT2D eigenvalue weighted by Crippen LogP contribution is 2.08. The summed E-state index contributed by atoms with van der Waals surface area (Å²) in [5.41, 5.74) is 1.24. The molecule has 0 aliphatic heterocycles. The third-order valence-corrected chi connectivity index (χ3v) is 2.19. The fourth-order valence-corrected chi connectivity index (χ4v) is 1.25. The van der Waals surface area contributed by atoms with Crippen LogP contribution in [0.1, 0.15) is 18.5 Å².